The molecule has 1 fully saturated rings. The van der Waals surface area contributed by atoms with Crippen molar-refractivity contribution >= 4 is 17.9 Å². The molecule has 1 saturated carbocycles. The van der Waals surface area contributed by atoms with Crippen LogP contribution in [-0.4, -0.2) is 22.6 Å². The van der Waals surface area contributed by atoms with Crippen molar-refractivity contribution in [1.29, 1.82) is 0 Å². The lowest BCUT2D eigenvalue weighted by atomic mass is 9.71. The molecule has 1 aromatic heterocycles. The second-order valence-corrected chi connectivity index (χ2v) is 13.9. The van der Waals surface area contributed by atoms with Crippen LogP contribution in [0.3, 0.4) is 0 Å². The predicted octanol–water partition coefficient (Wildman–Crippen LogP) is 8.23. The number of nitrogens with zero attached hydrogens (tertiary/aromatic N) is 2. The van der Waals surface area contributed by atoms with Crippen LogP contribution in [0.5, 0.6) is 5.88 Å². The van der Waals surface area contributed by atoms with Gasteiger partial charge in [0.25, 0.3) is 0 Å². The molecule has 3 aromatic rings. The van der Waals surface area contributed by atoms with E-state index in [4.69, 9.17) is 20.4 Å². The van der Waals surface area contributed by atoms with E-state index >= 15 is 0 Å². The minimum Gasteiger partial charge on any atom is -0.477 e. The topological polar surface area (TPSA) is 73.1 Å². The molecule has 0 radical (unpaired) electrons. The van der Waals surface area contributed by atoms with E-state index in [9.17, 15) is 0 Å². The average molecular weight is 545 g/mol. The highest BCUT2D eigenvalue weighted by Gasteiger charge is 2.32. The fraction of sp³-hybridized carbons (Fsp3) is 0.515. The molecule has 2 aromatic carbocycles. The molecule has 0 amide bonds. The van der Waals surface area contributed by atoms with Crippen LogP contribution < -0.4 is 15.2 Å². The molecule has 0 saturated heterocycles. The molecular formula is C33H44N4OS. The van der Waals surface area contributed by atoms with Gasteiger partial charge in [-0.2, -0.15) is 4.98 Å². The molecule has 6 heteroatoms. The molecule has 208 valence electrons. The largest absolute Gasteiger partial charge is 0.477 e. The van der Waals surface area contributed by atoms with Crippen molar-refractivity contribution in [2.75, 3.05) is 11.3 Å². The molecule has 3 N–H and O–H groups in total. The first-order chi connectivity index (χ1) is 18.6. The summed E-state index contributed by atoms with van der Waals surface area (Å²) in [6, 6.07) is 15.8. The third-order valence-corrected chi connectivity index (χ3v) is 9.18. The number of anilines is 1. The number of rotatable bonds is 5. The highest BCUT2D eigenvalue weighted by molar-refractivity contribution is 8.00. The van der Waals surface area contributed by atoms with Gasteiger partial charge in [0.1, 0.15) is 0 Å². The van der Waals surface area contributed by atoms with E-state index in [2.05, 4.69) is 88.7 Å². The van der Waals surface area contributed by atoms with Crippen molar-refractivity contribution in [3.05, 3.63) is 64.7 Å². The van der Waals surface area contributed by atoms with E-state index < -0.39 is 0 Å². The van der Waals surface area contributed by atoms with Crippen LogP contribution >= 0.6 is 11.9 Å². The first-order valence-corrected chi connectivity index (χ1v) is 15.3. The number of fused-ring (bicyclic) bond motifs is 4. The number of benzene rings is 2. The number of ether oxygens (including phenoxy) is 1. The number of nitrogens with one attached hydrogen (secondary N) is 1. The Morgan fingerprint density at radius 1 is 1.00 bits per heavy atom. The molecule has 2 aliphatic rings. The van der Waals surface area contributed by atoms with E-state index in [0.29, 0.717) is 36.3 Å². The molecule has 39 heavy (non-hydrogen) atoms. The zero-order chi connectivity index (χ0) is 27.7. The first-order valence-electron chi connectivity index (χ1n) is 14.4. The number of aryl methyl sites for hydroxylation is 2. The third-order valence-electron chi connectivity index (χ3n) is 8.40. The molecule has 2 unspecified atom stereocenters. The fourth-order valence-electron chi connectivity index (χ4n) is 6.43. The molecule has 4 bridgehead atoms. The SMILES string of the molecule is Cc1cccc(C)c1-c1nc2nc(c1C)OCC(CC(C)(C)C)C(CCC1CC(N)C1)c1cccc(c1)SN2. The zero-order valence-electron chi connectivity index (χ0n) is 24.4. The van der Waals surface area contributed by atoms with E-state index in [1.54, 1.807) is 11.9 Å². The van der Waals surface area contributed by atoms with E-state index in [1.165, 1.54) is 28.0 Å². The molecule has 1 aliphatic carbocycles. The summed E-state index contributed by atoms with van der Waals surface area (Å²) in [6.45, 7) is 14.0. The van der Waals surface area contributed by atoms with Gasteiger partial charge in [-0.1, -0.05) is 51.1 Å². The number of aromatic nitrogens is 2. The van der Waals surface area contributed by atoms with Gasteiger partial charge in [0.05, 0.1) is 12.3 Å². The van der Waals surface area contributed by atoms with Gasteiger partial charge in [0.2, 0.25) is 11.8 Å². The van der Waals surface area contributed by atoms with Crippen LogP contribution in [0.15, 0.2) is 47.4 Å². The summed E-state index contributed by atoms with van der Waals surface area (Å²) in [5.41, 5.74) is 13.2. The molecule has 1 aliphatic heterocycles. The second-order valence-electron chi connectivity index (χ2n) is 13.0. The van der Waals surface area contributed by atoms with Crippen molar-refractivity contribution < 1.29 is 4.74 Å². The lowest BCUT2D eigenvalue weighted by molar-refractivity contribution is 0.152. The van der Waals surface area contributed by atoms with Crippen molar-refractivity contribution in [3.8, 4) is 17.1 Å². The Balaban J connectivity index is 1.55. The molecule has 5 rings (SSSR count). The molecular weight excluding hydrogens is 500 g/mol. The van der Waals surface area contributed by atoms with Gasteiger partial charge in [0.15, 0.2) is 0 Å². The van der Waals surface area contributed by atoms with Gasteiger partial charge in [-0.05, 0) is 111 Å². The minimum absolute atomic E-state index is 0.186. The third kappa shape index (κ3) is 6.60. The van der Waals surface area contributed by atoms with E-state index in [0.717, 1.165) is 48.4 Å². The smallest absolute Gasteiger partial charge is 0.237 e. The lowest BCUT2D eigenvalue weighted by Gasteiger charge is -2.37. The maximum atomic E-state index is 6.70. The highest BCUT2D eigenvalue weighted by atomic mass is 32.2. The lowest BCUT2D eigenvalue weighted by Crippen LogP contribution is -2.36. The van der Waals surface area contributed by atoms with Gasteiger partial charge in [-0.15, -0.1) is 0 Å². The fourth-order valence-corrected chi connectivity index (χ4v) is 7.07. The maximum Gasteiger partial charge on any atom is 0.237 e. The highest BCUT2D eigenvalue weighted by Crippen LogP contribution is 2.42. The first kappa shape index (κ1) is 28.0. The van der Waals surface area contributed by atoms with Crippen LogP contribution in [0.4, 0.5) is 5.95 Å². The van der Waals surface area contributed by atoms with Crippen molar-refractivity contribution in [3.63, 3.8) is 0 Å². The van der Waals surface area contributed by atoms with Crippen LogP contribution in [0.1, 0.15) is 81.0 Å². The average Bonchev–Trinajstić information content (AvgIpc) is 2.85. The molecule has 2 atom stereocenters. The number of nitrogens with two attached hydrogens (primary N) is 1. The zero-order valence-corrected chi connectivity index (χ0v) is 25.2. The summed E-state index contributed by atoms with van der Waals surface area (Å²) in [4.78, 5) is 11.0. The van der Waals surface area contributed by atoms with Crippen LogP contribution in [0.2, 0.25) is 0 Å². The van der Waals surface area contributed by atoms with Gasteiger partial charge in [-0.3, -0.25) is 4.72 Å². The summed E-state index contributed by atoms with van der Waals surface area (Å²) in [5, 5.41) is 0. The van der Waals surface area contributed by atoms with Crippen molar-refractivity contribution in [2.24, 2.45) is 23.0 Å². The van der Waals surface area contributed by atoms with Crippen LogP contribution in [0, 0.1) is 38.0 Å². The summed E-state index contributed by atoms with van der Waals surface area (Å²) in [5.74, 6) is 2.80. The predicted molar refractivity (Wildman–Crippen MR) is 163 cm³/mol. The maximum absolute atomic E-state index is 6.70. The van der Waals surface area contributed by atoms with Crippen molar-refractivity contribution in [1.82, 2.24) is 9.97 Å². The molecule has 0 spiro atoms. The van der Waals surface area contributed by atoms with Gasteiger partial charge in [0, 0.05) is 28.0 Å². The van der Waals surface area contributed by atoms with Gasteiger partial charge < -0.3 is 10.5 Å². The molecule has 5 nitrogen and oxygen atoms in total. The Morgan fingerprint density at radius 3 is 2.41 bits per heavy atom. The van der Waals surface area contributed by atoms with Gasteiger partial charge in [-0.25, -0.2) is 4.98 Å². The Morgan fingerprint density at radius 2 is 1.72 bits per heavy atom. The van der Waals surface area contributed by atoms with Crippen LogP contribution in [0.25, 0.3) is 11.3 Å². The monoisotopic (exact) mass is 544 g/mol. The number of hydrogen-bond acceptors (Lipinski definition) is 6. The summed E-state index contributed by atoms with van der Waals surface area (Å²) in [7, 11) is 0. The Hall–Kier alpha value is -2.57. The van der Waals surface area contributed by atoms with E-state index in [-0.39, 0.29) is 5.41 Å². The van der Waals surface area contributed by atoms with Gasteiger partial charge >= 0.3 is 0 Å². The van der Waals surface area contributed by atoms with Crippen molar-refractivity contribution in [2.45, 2.75) is 90.5 Å². The summed E-state index contributed by atoms with van der Waals surface area (Å²) < 4.78 is 10.1. The summed E-state index contributed by atoms with van der Waals surface area (Å²) in [6.07, 6.45) is 5.79. The normalized spacial score (nSPS) is 23.1. The Kier molecular flexibility index (Phi) is 8.25. The standard InChI is InChI=1S/C33H44N4OS/c1-20-9-7-10-21(2)29(20)30-22(3)31-36-32(35-30)37-39-27-12-8-11-24(17-27)28(14-13-23-15-26(34)16-23)25(19-38-31)18-33(4,5)6/h7-12,17,23,25-26,28H,13-16,18-19,34H2,1-6H3,(H,35,36,37). The molecule has 2 heterocycles. The number of hydrogen-bond donors (Lipinski definition) is 2. The Labute approximate surface area is 238 Å². The van der Waals surface area contributed by atoms with E-state index in [1.807, 2.05) is 0 Å². The second kappa shape index (κ2) is 11.5. The quantitative estimate of drug-likeness (QED) is 0.315. The Bertz CT molecular complexity index is 1290. The minimum atomic E-state index is 0.186. The van der Waals surface area contributed by atoms with Crippen LogP contribution in [-0.2, 0) is 0 Å². The summed E-state index contributed by atoms with van der Waals surface area (Å²) >= 11 is 1.57.